The first-order valence-corrected chi connectivity index (χ1v) is 10.5. The molecule has 1 saturated heterocycles. The van der Waals surface area contributed by atoms with Gasteiger partial charge in [0.15, 0.2) is 5.82 Å². The molecule has 1 aromatic carbocycles. The van der Waals surface area contributed by atoms with Gasteiger partial charge < -0.3 is 20.1 Å². The highest BCUT2D eigenvalue weighted by atomic mass is 19.1. The fourth-order valence-corrected chi connectivity index (χ4v) is 4.05. The lowest BCUT2D eigenvalue weighted by atomic mass is 9.96. The van der Waals surface area contributed by atoms with E-state index in [0.717, 1.165) is 31.2 Å². The van der Waals surface area contributed by atoms with Gasteiger partial charge in [0, 0.05) is 31.5 Å². The van der Waals surface area contributed by atoms with Crippen LogP contribution in [0.4, 0.5) is 9.18 Å². The summed E-state index contributed by atoms with van der Waals surface area (Å²) in [4.78, 5) is 30.4. The zero-order chi connectivity index (χ0) is 20.9. The molecule has 1 saturated carbocycles. The molecule has 4 rings (SSSR count). The number of hydrogen-bond acceptors (Lipinski definition) is 5. The molecule has 0 spiro atoms. The molecular weight excluding hydrogens is 389 g/mol. The molecule has 3 amide bonds. The van der Waals surface area contributed by atoms with Crippen molar-refractivity contribution in [2.24, 2.45) is 0 Å². The molecule has 1 aromatic heterocycles. The molecule has 2 heterocycles. The largest absolute Gasteiger partial charge is 0.338 e. The number of hydrogen-bond donors (Lipinski definition) is 2. The Morgan fingerprint density at radius 3 is 2.73 bits per heavy atom. The maximum absolute atomic E-state index is 13.1. The number of halogens is 1. The third-order valence-electron chi connectivity index (χ3n) is 5.69. The topological polar surface area (TPSA) is 100 Å². The zero-order valence-corrected chi connectivity index (χ0v) is 16.8. The second kappa shape index (κ2) is 9.23. The van der Waals surface area contributed by atoms with Crippen LogP contribution in [0.25, 0.3) is 0 Å². The molecular formula is C21H26FN5O3. The van der Waals surface area contributed by atoms with Gasteiger partial charge in [-0.15, -0.1) is 0 Å². The summed E-state index contributed by atoms with van der Waals surface area (Å²) in [5.41, 5.74) is 0.868. The molecule has 2 aliphatic rings. The summed E-state index contributed by atoms with van der Waals surface area (Å²) in [7, 11) is 0. The maximum atomic E-state index is 13.1. The van der Waals surface area contributed by atoms with E-state index >= 15 is 0 Å². The third kappa shape index (κ3) is 5.14. The van der Waals surface area contributed by atoms with E-state index in [2.05, 4.69) is 20.8 Å². The summed E-state index contributed by atoms with van der Waals surface area (Å²) in [6.45, 7) is 1.04. The fraction of sp³-hybridized carbons (Fsp3) is 0.524. The fourth-order valence-electron chi connectivity index (χ4n) is 4.05. The predicted octanol–water partition coefficient (Wildman–Crippen LogP) is 2.86. The number of likely N-dealkylation sites (tertiary alicyclic amines) is 1. The minimum Gasteiger partial charge on any atom is -0.338 e. The highest BCUT2D eigenvalue weighted by Crippen LogP contribution is 2.27. The number of nitrogens with one attached hydrogen (secondary N) is 2. The van der Waals surface area contributed by atoms with Gasteiger partial charge in [0.1, 0.15) is 5.82 Å². The van der Waals surface area contributed by atoms with Crippen LogP contribution >= 0.6 is 0 Å². The molecule has 30 heavy (non-hydrogen) atoms. The Hall–Kier alpha value is -2.97. The molecule has 1 unspecified atom stereocenters. The summed E-state index contributed by atoms with van der Waals surface area (Å²) in [6.07, 6.45) is 5.86. The number of rotatable bonds is 6. The minimum absolute atomic E-state index is 0.000611. The van der Waals surface area contributed by atoms with Gasteiger partial charge in [-0.25, -0.2) is 9.18 Å². The highest BCUT2D eigenvalue weighted by molar-refractivity contribution is 5.79. The summed E-state index contributed by atoms with van der Waals surface area (Å²) < 4.78 is 18.3. The van der Waals surface area contributed by atoms with Crippen molar-refractivity contribution in [1.29, 1.82) is 0 Å². The van der Waals surface area contributed by atoms with E-state index in [9.17, 15) is 14.0 Å². The van der Waals surface area contributed by atoms with Gasteiger partial charge in [0.25, 0.3) is 0 Å². The molecule has 1 aliphatic carbocycles. The number of aromatic nitrogens is 2. The molecule has 1 atom stereocenters. The lowest BCUT2D eigenvalue weighted by molar-refractivity contribution is -0.128. The van der Waals surface area contributed by atoms with Gasteiger partial charge in [-0.1, -0.05) is 36.6 Å². The monoisotopic (exact) mass is 415 g/mol. The van der Waals surface area contributed by atoms with Crippen molar-refractivity contribution in [3.05, 3.63) is 47.4 Å². The van der Waals surface area contributed by atoms with Crippen molar-refractivity contribution in [2.45, 2.75) is 63.6 Å². The SMILES string of the molecule is O=C(NCc1nc(C2CC(=O)N(Cc3ccc(F)cc3)C2)no1)NC1CCCCC1. The van der Waals surface area contributed by atoms with Crippen LogP contribution in [-0.2, 0) is 17.9 Å². The van der Waals surface area contributed by atoms with E-state index < -0.39 is 0 Å². The molecule has 160 valence electrons. The lowest BCUT2D eigenvalue weighted by Crippen LogP contribution is -2.42. The predicted molar refractivity (Wildman–Crippen MR) is 106 cm³/mol. The Kier molecular flexibility index (Phi) is 6.25. The average molecular weight is 415 g/mol. The smallest absolute Gasteiger partial charge is 0.315 e. The van der Waals surface area contributed by atoms with Crippen molar-refractivity contribution in [3.8, 4) is 0 Å². The number of carbonyl (C=O) groups is 2. The van der Waals surface area contributed by atoms with Crippen LogP contribution in [0.15, 0.2) is 28.8 Å². The number of nitrogens with zero attached hydrogens (tertiary/aromatic N) is 3. The average Bonchev–Trinajstić information content (AvgIpc) is 3.36. The van der Waals surface area contributed by atoms with E-state index in [1.807, 2.05) is 0 Å². The summed E-state index contributed by atoms with van der Waals surface area (Å²) in [5, 5.41) is 9.72. The van der Waals surface area contributed by atoms with Crippen molar-refractivity contribution < 1.29 is 18.5 Å². The van der Waals surface area contributed by atoms with Crippen LogP contribution in [0.3, 0.4) is 0 Å². The normalized spacial score (nSPS) is 19.8. The van der Waals surface area contributed by atoms with Crippen molar-refractivity contribution >= 4 is 11.9 Å². The number of urea groups is 1. The second-order valence-corrected chi connectivity index (χ2v) is 8.01. The Bertz CT molecular complexity index is 879. The summed E-state index contributed by atoms with van der Waals surface area (Å²) in [5.74, 6) is 0.319. The van der Waals surface area contributed by atoms with Crippen LogP contribution in [0.1, 0.15) is 61.7 Å². The van der Waals surface area contributed by atoms with Crippen LogP contribution in [0.2, 0.25) is 0 Å². The Labute approximate surface area is 174 Å². The standard InChI is InChI=1S/C21H26FN5O3/c22-16-8-6-14(7-9-16)12-27-13-15(10-19(27)28)20-25-18(30-26-20)11-23-21(29)24-17-4-2-1-3-5-17/h6-9,15,17H,1-5,10-13H2,(H2,23,24,29). The first kappa shape index (κ1) is 20.3. The number of amides is 3. The van der Waals surface area contributed by atoms with E-state index in [4.69, 9.17) is 4.52 Å². The van der Waals surface area contributed by atoms with Gasteiger partial charge in [-0.05, 0) is 30.5 Å². The maximum Gasteiger partial charge on any atom is 0.315 e. The highest BCUT2D eigenvalue weighted by Gasteiger charge is 2.33. The number of carbonyl (C=O) groups excluding carboxylic acids is 2. The quantitative estimate of drug-likeness (QED) is 0.756. The van der Waals surface area contributed by atoms with Crippen LogP contribution in [-0.4, -0.2) is 39.6 Å². The molecule has 1 aliphatic heterocycles. The first-order chi connectivity index (χ1) is 14.6. The van der Waals surface area contributed by atoms with Crippen LogP contribution in [0, 0.1) is 5.82 Å². The lowest BCUT2D eigenvalue weighted by Gasteiger charge is -2.22. The summed E-state index contributed by atoms with van der Waals surface area (Å²) >= 11 is 0. The third-order valence-corrected chi connectivity index (χ3v) is 5.69. The van der Waals surface area contributed by atoms with Gasteiger partial charge in [-0.3, -0.25) is 4.79 Å². The van der Waals surface area contributed by atoms with Gasteiger partial charge in [0.2, 0.25) is 11.8 Å². The van der Waals surface area contributed by atoms with Crippen molar-refractivity contribution in [3.63, 3.8) is 0 Å². The molecule has 2 aromatic rings. The van der Waals surface area contributed by atoms with Gasteiger partial charge in [-0.2, -0.15) is 4.98 Å². The van der Waals surface area contributed by atoms with Gasteiger partial charge in [0.05, 0.1) is 6.54 Å². The van der Waals surface area contributed by atoms with E-state index in [1.54, 1.807) is 17.0 Å². The van der Waals surface area contributed by atoms with Crippen LogP contribution < -0.4 is 10.6 Å². The Morgan fingerprint density at radius 2 is 1.97 bits per heavy atom. The molecule has 8 nitrogen and oxygen atoms in total. The van der Waals surface area contributed by atoms with Crippen molar-refractivity contribution in [1.82, 2.24) is 25.7 Å². The van der Waals surface area contributed by atoms with Crippen molar-refractivity contribution in [2.75, 3.05) is 6.54 Å². The van der Waals surface area contributed by atoms with E-state index in [1.165, 1.54) is 18.6 Å². The van der Waals surface area contributed by atoms with E-state index in [0.29, 0.717) is 31.2 Å². The molecule has 2 fully saturated rings. The minimum atomic E-state index is -0.301. The molecule has 0 radical (unpaired) electrons. The summed E-state index contributed by atoms with van der Waals surface area (Å²) in [6, 6.07) is 6.11. The van der Waals surface area contributed by atoms with Crippen LogP contribution in [0.5, 0.6) is 0 Å². The number of benzene rings is 1. The molecule has 9 heteroatoms. The Balaban J connectivity index is 1.26. The first-order valence-electron chi connectivity index (χ1n) is 10.5. The van der Waals surface area contributed by atoms with E-state index in [-0.39, 0.29) is 36.3 Å². The van der Waals surface area contributed by atoms with Gasteiger partial charge >= 0.3 is 6.03 Å². The second-order valence-electron chi connectivity index (χ2n) is 8.01. The Morgan fingerprint density at radius 1 is 1.20 bits per heavy atom. The molecule has 0 bridgehead atoms. The zero-order valence-electron chi connectivity index (χ0n) is 16.8. The molecule has 2 N–H and O–H groups in total.